The van der Waals surface area contributed by atoms with Crippen molar-refractivity contribution in [3.05, 3.63) is 42.4 Å². The van der Waals surface area contributed by atoms with Crippen LogP contribution in [0.2, 0.25) is 0 Å². The van der Waals surface area contributed by atoms with Crippen molar-refractivity contribution in [2.45, 2.75) is 31.8 Å². The molecule has 2 N–H and O–H groups in total. The van der Waals surface area contributed by atoms with E-state index >= 15 is 0 Å². The summed E-state index contributed by atoms with van der Waals surface area (Å²) in [5.41, 5.74) is 0.326. The average Bonchev–Trinajstić information content (AvgIpc) is 3.25. The fourth-order valence-corrected chi connectivity index (χ4v) is 2.88. The average molecular weight is 300 g/mol. The van der Waals surface area contributed by atoms with Gasteiger partial charge in [0.2, 0.25) is 0 Å². The molecule has 0 saturated heterocycles. The maximum atomic E-state index is 12.2. The predicted octanol–water partition coefficient (Wildman–Crippen LogP) is 1.55. The summed E-state index contributed by atoms with van der Waals surface area (Å²) < 4.78 is 1.60. The van der Waals surface area contributed by atoms with E-state index in [9.17, 15) is 9.90 Å². The second-order valence-electron chi connectivity index (χ2n) is 5.65. The van der Waals surface area contributed by atoms with Gasteiger partial charge in [-0.05, 0) is 37.0 Å². The number of nitrogens with zero attached hydrogens (tertiary/aromatic N) is 3. The van der Waals surface area contributed by atoms with Crippen molar-refractivity contribution >= 4 is 5.91 Å². The second kappa shape index (κ2) is 6.70. The third-order valence-corrected chi connectivity index (χ3v) is 4.12. The molecule has 1 unspecified atom stereocenters. The van der Waals surface area contributed by atoms with Crippen LogP contribution in [0, 0.1) is 5.92 Å². The van der Waals surface area contributed by atoms with Crippen LogP contribution < -0.4 is 5.32 Å². The number of carbonyl (C=O) groups is 1. The summed E-state index contributed by atoms with van der Waals surface area (Å²) >= 11 is 0. The summed E-state index contributed by atoms with van der Waals surface area (Å²) in [4.78, 5) is 16.5. The third-order valence-electron chi connectivity index (χ3n) is 4.12. The molecule has 0 aromatic carbocycles. The summed E-state index contributed by atoms with van der Waals surface area (Å²) in [5.74, 6) is 0.628. The third kappa shape index (κ3) is 3.33. The van der Waals surface area contributed by atoms with E-state index < -0.39 is 6.10 Å². The first-order valence-electron chi connectivity index (χ1n) is 7.67. The lowest BCUT2D eigenvalue weighted by Crippen LogP contribution is -2.36. The molecule has 0 bridgehead atoms. The molecule has 1 aliphatic carbocycles. The van der Waals surface area contributed by atoms with Crippen molar-refractivity contribution in [3.63, 3.8) is 0 Å². The summed E-state index contributed by atoms with van der Waals surface area (Å²) in [6, 6.07) is 7.01. The van der Waals surface area contributed by atoms with Gasteiger partial charge in [0, 0.05) is 18.9 Å². The monoisotopic (exact) mass is 300 g/mol. The van der Waals surface area contributed by atoms with E-state index in [1.54, 1.807) is 41.3 Å². The van der Waals surface area contributed by atoms with Crippen molar-refractivity contribution in [1.29, 1.82) is 0 Å². The van der Waals surface area contributed by atoms with Crippen molar-refractivity contribution in [2.24, 2.45) is 5.92 Å². The maximum Gasteiger partial charge on any atom is 0.270 e. The molecule has 116 valence electrons. The molecule has 2 aromatic rings. The predicted molar refractivity (Wildman–Crippen MR) is 81.7 cm³/mol. The summed E-state index contributed by atoms with van der Waals surface area (Å²) in [6.07, 6.45) is 7.39. The van der Waals surface area contributed by atoms with Crippen LogP contribution in [0.15, 0.2) is 36.7 Å². The smallest absolute Gasteiger partial charge is 0.270 e. The van der Waals surface area contributed by atoms with E-state index in [4.69, 9.17) is 0 Å². The minimum absolute atomic E-state index is 0.272. The number of carbonyl (C=O) groups excluding carboxylic acids is 1. The molecule has 2 aromatic heterocycles. The minimum atomic E-state index is -0.472. The van der Waals surface area contributed by atoms with Gasteiger partial charge < -0.3 is 10.4 Å². The number of aromatic nitrogens is 3. The van der Waals surface area contributed by atoms with Crippen LogP contribution >= 0.6 is 0 Å². The summed E-state index contributed by atoms with van der Waals surface area (Å²) in [6.45, 7) is 0.275. The SMILES string of the molecule is O=C(NCC(O)C1CCCC1)c1cccc(-n2cccn2)n1. The number of pyridine rings is 1. The van der Waals surface area contributed by atoms with Gasteiger partial charge in [0.05, 0.1) is 6.10 Å². The van der Waals surface area contributed by atoms with Gasteiger partial charge in [-0.25, -0.2) is 9.67 Å². The molecule has 0 radical (unpaired) electrons. The van der Waals surface area contributed by atoms with E-state index in [1.807, 2.05) is 0 Å². The molecule has 0 aliphatic heterocycles. The Labute approximate surface area is 129 Å². The number of amides is 1. The van der Waals surface area contributed by atoms with Crippen LogP contribution in [0.25, 0.3) is 5.82 Å². The molecular formula is C16H20N4O2. The number of nitrogens with one attached hydrogen (secondary N) is 1. The molecule has 1 saturated carbocycles. The lowest BCUT2D eigenvalue weighted by molar-refractivity contribution is 0.0836. The Morgan fingerprint density at radius 2 is 2.18 bits per heavy atom. The highest BCUT2D eigenvalue weighted by Gasteiger charge is 2.23. The first-order valence-corrected chi connectivity index (χ1v) is 7.67. The lowest BCUT2D eigenvalue weighted by atomic mass is 10.0. The highest BCUT2D eigenvalue weighted by Crippen LogP contribution is 2.27. The van der Waals surface area contributed by atoms with Gasteiger partial charge in [-0.3, -0.25) is 4.79 Å². The van der Waals surface area contributed by atoms with Gasteiger partial charge in [-0.2, -0.15) is 5.10 Å². The van der Waals surface area contributed by atoms with Gasteiger partial charge in [0.15, 0.2) is 5.82 Å². The van der Waals surface area contributed by atoms with Gasteiger partial charge >= 0.3 is 0 Å². The highest BCUT2D eigenvalue weighted by molar-refractivity contribution is 5.92. The Balaban J connectivity index is 1.61. The van der Waals surface area contributed by atoms with Crippen molar-refractivity contribution in [3.8, 4) is 5.82 Å². The zero-order chi connectivity index (χ0) is 15.4. The van der Waals surface area contributed by atoms with Crippen LogP contribution in [-0.4, -0.2) is 38.4 Å². The van der Waals surface area contributed by atoms with Gasteiger partial charge in [0.1, 0.15) is 5.69 Å². The van der Waals surface area contributed by atoms with Crippen molar-refractivity contribution < 1.29 is 9.90 Å². The Hall–Kier alpha value is -2.21. The molecule has 6 nitrogen and oxygen atoms in total. The van der Waals surface area contributed by atoms with Crippen LogP contribution in [0.1, 0.15) is 36.2 Å². The number of hydrogen-bond donors (Lipinski definition) is 2. The topological polar surface area (TPSA) is 80.0 Å². The maximum absolute atomic E-state index is 12.2. The van der Waals surface area contributed by atoms with E-state index in [2.05, 4.69) is 15.4 Å². The number of rotatable bonds is 5. The lowest BCUT2D eigenvalue weighted by Gasteiger charge is -2.17. The first-order chi connectivity index (χ1) is 10.7. The fourth-order valence-electron chi connectivity index (χ4n) is 2.88. The Morgan fingerprint density at radius 3 is 2.91 bits per heavy atom. The highest BCUT2D eigenvalue weighted by atomic mass is 16.3. The van der Waals surface area contributed by atoms with Gasteiger partial charge in [-0.1, -0.05) is 18.9 Å². The molecule has 1 fully saturated rings. The molecule has 22 heavy (non-hydrogen) atoms. The van der Waals surface area contributed by atoms with E-state index in [-0.39, 0.29) is 12.5 Å². The molecule has 6 heteroatoms. The summed E-state index contributed by atoms with van der Waals surface area (Å²) in [7, 11) is 0. The number of aliphatic hydroxyl groups is 1. The Kier molecular flexibility index (Phi) is 4.48. The van der Waals surface area contributed by atoms with Crippen molar-refractivity contribution in [1.82, 2.24) is 20.1 Å². The molecular weight excluding hydrogens is 280 g/mol. The van der Waals surface area contributed by atoms with Crippen LogP contribution in [0.4, 0.5) is 0 Å². The number of hydrogen-bond acceptors (Lipinski definition) is 4. The van der Waals surface area contributed by atoms with Crippen LogP contribution in [0.5, 0.6) is 0 Å². The molecule has 1 atom stereocenters. The molecule has 1 aliphatic rings. The zero-order valence-corrected chi connectivity index (χ0v) is 12.4. The molecule has 1 amide bonds. The fraction of sp³-hybridized carbons (Fsp3) is 0.438. The normalized spacial score (nSPS) is 16.6. The minimum Gasteiger partial charge on any atom is -0.391 e. The van der Waals surface area contributed by atoms with E-state index in [1.165, 1.54) is 12.8 Å². The second-order valence-corrected chi connectivity index (χ2v) is 5.65. The van der Waals surface area contributed by atoms with Crippen LogP contribution in [0.3, 0.4) is 0 Å². The Bertz CT molecular complexity index is 621. The number of aliphatic hydroxyl groups excluding tert-OH is 1. The zero-order valence-electron chi connectivity index (χ0n) is 12.4. The molecule has 0 spiro atoms. The Morgan fingerprint density at radius 1 is 1.36 bits per heavy atom. The molecule has 2 heterocycles. The summed E-state index contributed by atoms with van der Waals surface area (Å²) in [5, 5.41) is 17.0. The van der Waals surface area contributed by atoms with Crippen LogP contribution in [-0.2, 0) is 0 Å². The first kappa shape index (κ1) is 14.7. The van der Waals surface area contributed by atoms with Gasteiger partial charge in [0.25, 0.3) is 5.91 Å². The standard InChI is InChI=1S/C16H20N4O2/c21-14(12-5-1-2-6-12)11-17-16(22)13-7-3-8-15(19-13)20-10-4-9-18-20/h3-4,7-10,12,14,21H,1-2,5-6,11H2,(H,17,22). The van der Waals surface area contributed by atoms with Crippen molar-refractivity contribution in [2.75, 3.05) is 6.54 Å². The van der Waals surface area contributed by atoms with Gasteiger partial charge in [-0.15, -0.1) is 0 Å². The quantitative estimate of drug-likeness (QED) is 0.878. The van der Waals surface area contributed by atoms with E-state index in [0.717, 1.165) is 12.8 Å². The molecule has 3 rings (SSSR count). The van der Waals surface area contributed by atoms with E-state index in [0.29, 0.717) is 17.4 Å². The largest absolute Gasteiger partial charge is 0.391 e.